The van der Waals surface area contributed by atoms with Crippen LogP contribution in [0.15, 0.2) is 30.3 Å². The number of hydrogen-bond donors (Lipinski definition) is 2. The highest BCUT2D eigenvalue weighted by molar-refractivity contribution is 6.02. The van der Waals surface area contributed by atoms with Gasteiger partial charge in [-0.1, -0.05) is 30.3 Å². The molecule has 4 amide bonds. The van der Waals surface area contributed by atoms with Crippen LogP contribution >= 0.6 is 0 Å². The minimum absolute atomic E-state index is 0.196. The molecule has 0 saturated carbocycles. The quantitative estimate of drug-likeness (QED) is 0.672. The first-order valence-corrected chi connectivity index (χ1v) is 9.31. The van der Waals surface area contributed by atoms with Crippen molar-refractivity contribution in [3.05, 3.63) is 35.9 Å². The number of rotatable bonds is 7. The van der Waals surface area contributed by atoms with Gasteiger partial charge in [0.2, 0.25) is 5.91 Å². The first-order chi connectivity index (χ1) is 13.5. The Morgan fingerprint density at radius 3 is 2.75 bits per heavy atom. The van der Waals surface area contributed by atoms with E-state index < -0.39 is 24.1 Å². The van der Waals surface area contributed by atoms with Gasteiger partial charge in [0.25, 0.3) is 5.91 Å². The molecule has 2 saturated heterocycles. The Hall–Kier alpha value is -2.49. The number of nitrogens with two attached hydrogens (primary N) is 1. The molecule has 2 aliphatic heterocycles. The molecule has 3 unspecified atom stereocenters. The number of nitrogens with one attached hydrogen (secondary N) is 1. The van der Waals surface area contributed by atoms with Gasteiger partial charge in [0.05, 0.1) is 19.1 Å². The molecular formula is C19H26N4O5. The standard InChI is InChI=1S/C19H26N4O5/c1-27-10-8-22-16(20)15(17(24)21-19(22)26)23(11-13-5-3-2-4-6-13)18(25)14-7-9-28-12-14/h2-6,14-16H,7-12,20H2,1H3,(H,21,24,26). The van der Waals surface area contributed by atoms with Crippen LogP contribution in [0.3, 0.4) is 0 Å². The van der Waals surface area contributed by atoms with Crippen LogP contribution in [0.1, 0.15) is 12.0 Å². The lowest BCUT2D eigenvalue weighted by atomic mass is 10.0. The average Bonchev–Trinajstić information content (AvgIpc) is 3.22. The van der Waals surface area contributed by atoms with Crippen molar-refractivity contribution >= 4 is 17.8 Å². The molecule has 1 aromatic rings. The second kappa shape index (κ2) is 9.13. The van der Waals surface area contributed by atoms with Crippen LogP contribution in [0.4, 0.5) is 4.79 Å². The molecule has 28 heavy (non-hydrogen) atoms. The molecular weight excluding hydrogens is 364 g/mol. The summed E-state index contributed by atoms with van der Waals surface area (Å²) in [6.07, 6.45) is -0.369. The Kier molecular flexibility index (Phi) is 6.61. The van der Waals surface area contributed by atoms with E-state index in [4.69, 9.17) is 15.2 Å². The van der Waals surface area contributed by atoms with E-state index in [9.17, 15) is 14.4 Å². The van der Waals surface area contributed by atoms with Crippen LogP contribution in [-0.4, -0.2) is 73.3 Å². The number of urea groups is 1. The minimum Gasteiger partial charge on any atom is -0.383 e. The summed E-state index contributed by atoms with van der Waals surface area (Å²) in [5.74, 6) is -1.10. The topological polar surface area (TPSA) is 114 Å². The summed E-state index contributed by atoms with van der Waals surface area (Å²) >= 11 is 0. The molecule has 1 aromatic carbocycles. The second-order valence-electron chi connectivity index (χ2n) is 6.93. The van der Waals surface area contributed by atoms with E-state index >= 15 is 0 Å². The van der Waals surface area contributed by atoms with Crippen LogP contribution in [0.5, 0.6) is 0 Å². The van der Waals surface area contributed by atoms with E-state index in [-0.39, 0.29) is 31.5 Å². The molecule has 2 aliphatic rings. The smallest absolute Gasteiger partial charge is 0.325 e. The molecule has 0 aromatic heterocycles. The van der Waals surface area contributed by atoms with Crippen molar-refractivity contribution in [2.75, 3.05) is 33.5 Å². The molecule has 0 aliphatic carbocycles. The van der Waals surface area contributed by atoms with Crippen LogP contribution in [0.2, 0.25) is 0 Å². The Balaban J connectivity index is 1.89. The van der Waals surface area contributed by atoms with E-state index in [1.807, 2.05) is 30.3 Å². The van der Waals surface area contributed by atoms with Crippen LogP contribution in [0.25, 0.3) is 0 Å². The fourth-order valence-electron chi connectivity index (χ4n) is 3.54. The third-order valence-electron chi connectivity index (χ3n) is 5.07. The summed E-state index contributed by atoms with van der Waals surface area (Å²) in [5.41, 5.74) is 7.17. The Labute approximate surface area is 163 Å². The van der Waals surface area contributed by atoms with Crippen molar-refractivity contribution in [2.45, 2.75) is 25.2 Å². The summed E-state index contributed by atoms with van der Waals surface area (Å²) in [7, 11) is 1.52. The largest absolute Gasteiger partial charge is 0.383 e. The van der Waals surface area contributed by atoms with E-state index in [0.717, 1.165) is 5.56 Å². The zero-order valence-corrected chi connectivity index (χ0v) is 15.9. The highest BCUT2D eigenvalue weighted by Crippen LogP contribution is 2.23. The summed E-state index contributed by atoms with van der Waals surface area (Å²) < 4.78 is 10.4. The molecule has 0 spiro atoms. The maximum atomic E-state index is 13.2. The molecule has 3 N–H and O–H groups in total. The second-order valence-corrected chi connectivity index (χ2v) is 6.93. The first kappa shape index (κ1) is 20.2. The number of methoxy groups -OCH3 is 1. The first-order valence-electron chi connectivity index (χ1n) is 9.31. The number of imide groups is 1. The van der Waals surface area contributed by atoms with Gasteiger partial charge >= 0.3 is 6.03 Å². The lowest BCUT2D eigenvalue weighted by molar-refractivity contribution is -0.148. The summed E-state index contributed by atoms with van der Waals surface area (Å²) in [4.78, 5) is 40.9. The fourth-order valence-corrected chi connectivity index (χ4v) is 3.54. The number of carbonyl (C=O) groups is 3. The third kappa shape index (κ3) is 4.32. The van der Waals surface area contributed by atoms with Crippen molar-refractivity contribution in [1.29, 1.82) is 0 Å². The summed E-state index contributed by atoms with van der Waals surface area (Å²) in [6.45, 7) is 1.53. The SMILES string of the molecule is COCCN1C(=O)NC(=O)C(N(Cc2ccccc2)C(=O)C2CCOC2)C1N. The van der Waals surface area contributed by atoms with E-state index in [2.05, 4.69) is 5.32 Å². The number of nitrogens with zero attached hydrogens (tertiary/aromatic N) is 2. The Morgan fingerprint density at radius 2 is 2.11 bits per heavy atom. The van der Waals surface area contributed by atoms with E-state index in [1.165, 1.54) is 16.9 Å². The Morgan fingerprint density at radius 1 is 1.36 bits per heavy atom. The summed E-state index contributed by atoms with van der Waals surface area (Å²) in [5, 5.41) is 2.32. The molecule has 2 fully saturated rings. The molecule has 0 radical (unpaired) electrons. The van der Waals surface area contributed by atoms with E-state index in [0.29, 0.717) is 19.6 Å². The molecule has 9 heteroatoms. The van der Waals surface area contributed by atoms with Crippen LogP contribution in [-0.2, 0) is 25.6 Å². The normalized spacial score (nSPS) is 24.9. The van der Waals surface area contributed by atoms with Gasteiger partial charge in [-0.05, 0) is 12.0 Å². The number of hydrogen-bond acceptors (Lipinski definition) is 6. The average molecular weight is 390 g/mol. The number of ether oxygens (including phenoxy) is 2. The minimum atomic E-state index is -0.997. The lowest BCUT2D eigenvalue weighted by Crippen LogP contribution is -2.71. The predicted octanol–water partition coefficient (Wildman–Crippen LogP) is -0.0967. The van der Waals surface area contributed by atoms with Gasteiger partial charge < -0.3 is 25.0 Å². The summed E-state index contributed by atoms with van der Waals surface area (Å²) in [6, 6.07) is 7.80. The van der Waals surface area contributed by atoms with Gasteiger partial charge in [0.1, 0.15) is 12.2 Å². The van der Waals surface area contributed by atoms with Crippen molar-refractivity contribution in [3.63, 3.8) is 0 Å². The highest BCUT2D eigenvalue weighted by atomic mass is 16.5. The zero-order chi connectivity index (χ0) is 20.1. The van der Waals surface area contributed by atoms with Gasteiger partial charge in [0.15, 0.2) is 0 Å². The van der Waals surface area contributed by atoms with Crippen LogP contribution < -0.4 is 11.1 Å². The van der Waals surface area contributed by atoms with Gasteiger partial charge in [0, 0.05) is 26.8 Å². The number of amides is 4. The maximum absolute atomic E-state index is 13.2. The van der Waals surface area contributed by atoms with Gasteiger partial charge in [-0.3, -0.25) is 14.9 Å². The highest BCUT2D eigenvalue weighted by Gasteiger charge is 2.45. The fraction of sp³-hybridized carbons (Fsp3) is 0.526. The molecule has 152 valence electrons. The molecule has 2 heterocycles. The van der Waals surface area contributed by atoms with Gasteiger partial charge in [-0.2, -0.15) is 0 Å². The molecule has 3 rings (SSSR count). The van der Waals surface area contributed by atoms with Gasteiger partial charge in [-0.15, -0.1) is 0 Å². The maximum Gasteiger partial charge on any atom is 0.325 e. The van der Waals surface area contributed by atoms with Crippen molar-refractivity contribution in [2.24, 2.45) is 11.7 Å². The number of benzene rings is 1. The molecule has 9 nitrogen and oxygen atoms in total. The van der Waals surface area contributed by atoms with Crippen molar-refractivity contribution < 1.29 is 23.9 Å². The number of carbonyl (C=O) groups excluding carboxylic acids is 3. The van der Waals surface area contributed by atoms with E-state index in [1.54, 1.807) is 0 Å². The van der Waals surface area contributed by atoms with Gasteiger partial charge in [-0.25, -0.2) is 4.79 Å². The van der Waals surface area contributed by atoms with Crippen molar-refractivity contribution in [3.8, 4) is 0 Å². The zero-order valence-electron chi connectivity index (χ0n) is 15.9. The lowest BCUT2D eigenvalue weighted by Gasteiger charge is -2.43. The van der Waals surface area contributed by atoms with Crippen LogP contribution in [0, 0.1) is 5.92 Å². The Bertz CT molecular complexity index is 708. The third-order valence-corrected chi connectivity index (χ3v) is 5.07. The molecule has 3 atom stereocenters. The van der Waals surface area contributed by atoms with Crippen molar-refractivity contribution in [1.82, 2.24) is 15.1 Å². The predicted molar refractivity (Wildman–Crippen MR) is 99.8 cm³/mol. The molecule has 0 bridgehead atoms. The monoisotopic (exact) mass is 390 g/mol.